The van der Waals surface area contributed by atoms with Gasteiger partial charge in [0.05, 0.1) is 10.9 Å². The molecule has 0 bridgehead atoms. The lowest BCUT2D eigenvalue weighted by molar-refractivity contribution is -0.141. The minimum Gasteiger partial charge on any atom is -0.481 e. The normalized spacial score (nSPS) is 13.5. The molecule has 0 radical (unpaired) electrons. The number of rotatable bonds is 4. The molecule has 0 spiro atoms. The van der Waals surface area contributed by atoms with E-state index in [2.05, 4.69) is 10.6 Å². The van der Waals surface area contributed by atoms with Crippen LogP contribution in [0.25, 0.3) is 0 Å². The molecular formula is C12H14ClFN2O3. The van der Waals surface area contributed by atoms with Gasteiger partial charge in [-0.1, -0.05) is 11.6 Å². The molecule has 2 atom stereocenters. The second-order valence-corrected chi connectivity index (χ2v) is 4.55. The van der Waals surface area contributed by atoms with Gasteiger partial charge in [-0.3, -0.25) is 4.79 Å². The number of nitrogens with one attached hydrogen (secondary N) is 2. The highest BCUT2D eigenvalue weighted by Gasteiger charge is 2.20. The van der Waals surface area contributed by atoms with Crippen LogP contribution < -0.4 is 10.6 Å². The lowest BCUT2D eigenvalue weighted by atomic mass is 10.0. The maximum atomic E-state index is 13.1. The van der Waals surface area contributed by atoms with Gasteiger partial charge in [0, 0.05) is 11.7 Å². The lowest BCUT2D eigenvalue weighted by Crippen LogP contribution is -2.42. The Morgan fingerprint density at radius 2 is 2.00 bits per heavy atom. The van der Waals surface area contributed by atoms with Crippen LogP contribution in [0.1, 0.15) is 13.8 Å². The summed E-state index contributed by atoms with van der Waals surface area (Å²) in [5.74, 6) is -2.38. The van der Waals surface area contributed by atoms with Crippen molar-refractivity contribution >= 4 is 29.3 Å². The maximum absolute atomic E-state index is 13.1. The summed E-state index contributed by atoms with van der Waals surface area (Å²) in [5, 5.41) is 13.6. The van der Waals surface area contributed by atoms with Gasteiger partial charge in [-0.15, -0.1) is 0 Å². The fraction of sp³-hybridized carbons (Fsp3) is 0.333. The van der Waals surface area contributed by atoms with Crippen molar-refractivity contribution in [2.24, 2.45) is 5.92 Å². The highest BCUT2D eigenvalue weighted by molar-refractivity contribution is 6.30. The Labute approximate surface area is 114 Å². The van der Waals surface area contributed by atoms with Crippen molar-refractivity contribution in [1.82, 2.24) is 5.32 Å². The van der Waals surface area contributed by atoms with Crippen LogP contribution in [-0.4, -0.2) is 23.1 Å². The first kappa shape index (κ1) is 15.2. The molecule has 0 heterocycles. The van der Waals surface area contributed by atoms with Crippen LogP contribution in [0, 0.1) is 11.7 Å². The Balaban J connectivity index is 2.60. The van der Waals surface area contributed by atoms with E-state index in [1.807, 2.05) is 0 Å². The van der Waals surface area contributed by atoms with Crippen LogP contribution in [0.5, 0.6) is 0 Å². The van der Waals surface area contributed by atoms with Crippen LogP contribution in [0.15, 0.2) is 18.2 Å². The van der Waals surface area contributed by atoms with E-state index in [4.69, 9.17) is 16.7 Å². The summed E-state index contributed by atoms with van der Waals surface area (Å²) in [6, 6.07) is 2.66. The molecule has 0 fully saturated rings. The third kappa shape index (κ3) is 4.40. The van der Waals surface area contributed by atoms with Gasteiger partial charge in [-0.2, -0.15) is 0 Å². The van der Waals surface area contributed by atoms with E-state index in [1.54, 1.807) is 6.92 Å². The molecule has 0 saturated heterocycles. The highest BCUT2D eigenvalue weighted by Crippen LogP contribution is 2.18. The van der Waals surface area contributed by atoms with Crippen molar-refractivity contribution in [3.8, 4) is 0 Å². The highest BCUT2D eigenvalue weighted by atomic mass is 35.5. The molecule has 2 amide bonds. The summed E-state index contributed by atoms with van der Waals surface area (Å²) in [4.78, 5) is 22.3. The second kappa shape index (κ2) is 6.38. The number of amides is 2. The minimum atomic E-state index is -1.01. The van der Waals surface area contributed by atoms with Gasteiger partial charge in [-0.05, 0) is 32.0 Å². The van der Waals surface area contributed by atoms with Crippen LogP contribution >= 0.6 is 11.6 Å². The number of urea groups is 1. The zero-order valence-corrected chi connectivity index (χ0v) is 11.2. The standard InChI is InChI=1S/C12H14ClFN2O3/c1-6(11(17)18)7(2)15-12(19)16-8-3-4-9(13)10(14)5-8/h3-7H,1-2H3,(H,17,18)(H2,15,16,19). The third-order valence-corrected chi connectivity index (χ3v) is 2.98. The van der Waals surface area contributed by atoms with Gasteiger partial charge in [0.2, 0.25) is 0 Å². The van der Waals surface area contributed by atoms with Gasteiger partial charge in [0.15, 0.2) is 0 Å². The topological polar surface area (TPSA) is 78.4 Å². The number of halogens is 2. The van der Waals surface area contributed by atoms with Crippen molar-refractivity contribution in [3.05, 3.63) is 29.0 Å². The SMILES string of the molecule is CC(NC(=O)Nc1ccc(Cl)c(F)c1)C(C)C(=O)O. The summed E-state index contributed by atoms with van der Waals surface area (Å²) in [7, 11) is 0. The fourth-order valence-electron chi connectivity index (χ4n) is 1.29. The molecule has 5 nitrogen and oxygen atoms in total. The number of carboxylic acids is 1. The molecule has 1 rings (SSSR count). The predicted octanol–water partition coefficient (Wildman–Crippen LogP) is 2.71. The zero-order valence-electron chi connectivity index (χ0n) is 10.4. The second-order valence-electron chi connectivity index (χ2n) is 4.14. The van der Waals surface area contributed by atoms with E-state index in [0.29, 0.717) is 0 Å². The van der Waals surface area contributed by atoms with Crippen LogP contribution in [0.2, 0.25) is 5.02 Å². The number of carboxylic acid groups (broad SMARTS) is 1. The average Bonchev–Trinajstić information content (AvgIpc) is 2.32. The lowest BCUT2D eigenvalue weighted by Gasteiger charge is -2.18. The van der Waals surface area contributed by atoms with E-state index in [1.165, 1.54) is 19.1 Å². The van der Waals surface area contributed by atoms with Crippen LogP contribution in [0.3, 0.4) is 0 Å². The summed E-state index contributed by atoms with van der Waals surface area (Å²) in [5.41, 5.74) is 0.231. The molecule has 104 valence electrons. The van der Waals surface area contributed by atoms with Crippen molar-refractivity contribution in [2.45, 2.75) is 19.9 Å². The zero-order chi connectivity index (χ0) is 14.6. The molecule has 0 aliphatic rings. The Morgan fingerprint density at radius 1 is 1.37 bits per heavy atom. The minimum absolute atomic E-state index is 0.0428. The Bertz CT molecular complexity index is 496. The first-order valence-corrected chi connectivity index (χ1v) is 5.94. The molecule has 2 unspecified atom stereocenters. The van der Waals surface area contributed by atoms with Gasteiger partial charge >= 0.3 is 12.0 Å². The van der Waals surface area contributed by atoms with Gasteiger partial charge in [0.1, 0.15) is 5.82 Å². The number of carbonyl (C=O) groups is 2. The first-order chi connectivity index (χ1) is 8.81. The number of anilines is 1. The van der Waals surface area contributed by atoms with E-state index in [-0.39, 0.29) is 10.7 Å². The number of carbonyl (C=O) groups excluding carboxylic acids is 1. The Morgan fingerprint density at radius 3 is 2.53 bits per heavy atom. The molecule has 1 aromatic carbocycles. The summed E-state index contributed by atoms with van der Waals surface area (Å²) in [6.07, 6.45) is 0. The largest absolute Gasteiger partial charge is 0.481 e. The van der Waals surface area contributed by atoms with Gasteiger partial charge in [0.25, 0.3) is 0 Å². The number of benzene rings is 1. The Kier molecular flexibility index (Phi) is 5.11. The van der Waals surface area contributed by atoms with Crippen LogP contribution in [0.4, 0.5) is 14.9 Å². The summed E-state index contributed by atoms with van der Waals surface area (Å²) < 4.78 is 13.1. The molecule has 19 heavy (non-hydrogen) atoms. The molecule has 3 N–H and O–H groups in total. The number of hydrogen-bond donors (Lipinski definition) is 3. The molecule has 0 aliphatic heterocycles. The number of hydrogen-bond acceptors (Lipinski definition) is 2. The fourth-order valence-corrected chi connectivity index (χ4v) is 1.40. The number of aliphatic carboxylic acids is 1. The van der Waals surface area contributed by atoms with Gasteiger partial charge in [-0.25, -0.2) is 9.18 Å². The Hall–Kier alpha value is -1.82. The van der Waals surface area contributed by atoms with E-state index in [9.17, 15) is 14.0 Å². The molecule has 0 aromatic heterocycles. The summed E-state index contributed by atoms with van der Waals surface area (Å²) in [6.45, 7) is 3.05. The quantitative estimate of drug-likeness (QED) is 0.797. The summed E-state index contributed by atoms with van der Waals surface area (Å²) >= 11 is 5.51. The van der Waals surface area contributed by atoms with Crippen LogP contribution in [-0.2, 0) is 4.79 Å². The van der Waals surface area contributed by atoms with E-state index in [0.717, 1.165) is 6.07 Å². The van der Waals surface area contributed by atoms with E-state index < -0.39 is 29.8 Å². The van der Waals surface area contributed by atoms with E-state index >= 15 is 0 Å². The molecule has 1 aromatic rings. The molecule has 7 heteroatoms. The first-order valence-electron chi connectivity index (χ1n) is 5.56. The smallest absolute Gasteiger partial charge is 0.319 e. The molecule has 0 aliphatic carbocycles. The third-order valence-electron chi connectivity index (χ3n) is 2.68. The molecular weight excluding hydrogens is 275 g/mol. The van der Waals surface area contributed by atoms with Crippen molar-refractivity contribution in [1.29, 1.82) is 0 Å². The van der Waals surface area contributed by atoms with Crippen molar-refractivity contribution in [2.75, 3.05) is 5.32 Å². The van der Waals surface area contributed by atoms with Crippen molar-refractivity contribution in [3.63, 3.8) is 0 Å². The molecule has 0 saturated carbocycles. The monoisotopic (exact) mass is 288 g/mol. The van der Waals surface area contributed by atoms with Crippen molar-refractivity contribution < 1.29 is 19.1 Å². The van der Waals surface area contributed by atoms with Gasteiger partial charge < -0.3 is 15.7 Å². The maximum Gasteiger partial charge on any atom is 0.319 e. The average molecular weight is 289 g/mol. The predicted molar refractivity (Wildman–Crippen MR) is 69.8 cm³/mol.